The van der Waals surface area contributed by atoms with Crippen molar-refractivity contribution in [2.75, 3.05) is 13.2 Å². The summed E-state index contributed by atoms with van der Waals surface area (Å²) in [5, 5.41) is 36.2. The van der Waals surface area contributed by atoms with Crippen molar-refractivity contribution in [3.8, 4) is 17.7 Å². The van der Waals surface area contributed by atoms with Crippen LogP contribution in [0.15, 0.2) is 39.3 Å². The smallest absolute Gasteiger partial charge is 0.281 e. The summed E-state index contributed by atoms with van der Waals surface area (Å²) in [4.78, 5) is 12.4. The molecule has 0 spiro atoms. The lowest BCUT2D eigenvalue weighted by Gasteiger charge is -2.11. The van der Waals surface area contributed by atoms with Crippen LogP contribution in [-0.4, -0.2) is 28.0 Å². The zero-order chi connectivity index (χ0) is 18.4. The Morgan fingerprint density at radius 2 is 1.96 bits per heavy atom. The third kappa shape index (κ3) is 3.84. The quantitative estimate of drug-likeness (QED) is 0.782. The number of benzene rings is 1. The van der Waals surface area contributed by atoms with Gasteiger partial charge in [-0.25, -0.2) is 0 Å². The molecule has 0 saturated heterocycles. The molecule has 0 aliphatic heterocycles. The van der Waals surface area contributed by atoms with E-state index in [2.05, 4.69) is 10.2 Å². The monoisotopic (exact) mass is 342 g/mol. The molecule has 8 nitrogen and oxygen atoms in total. The second-order valence-electron chi connectivity index (χ2n) is 5.09. The van der Waals surface area contributed by atoms with Gasteiger partial charge in [0, 0.05) is 5.56 Å². The standard InChI is InChI=1S/C17H18N4O4/c1-3-25-13-6-4-12(5-7-13)19-20-15-11(2)14(10-18)16(23)21(8-9-22)17(15)24/h4-7,22-23H,3,8-9H2,1-2H3. The number of azo groups is 1. The average molecular weight is 342 g/mol. The van der Waals surface area contributed by atoms with Gasteiger partial charge in [-0.1, -0.05) is 0 Å². The van der Waals surface area contributed by atoms with Crippen molar-refractivity contribution in [3.63, 3.8) is 0 Å². The summed E-state index contributed by atoms with van der Waals surface area (Å²) in [5.41, 5.74) is -0.0282. The Hall–Kier alpha value is -3.18. The topological polar surface area (TPSA) is 120 Å². The number of nitrogens with zero attached hydrogens (tertiary/aromatic N) is 4. The predicted molar refractivity (Wildman–Crippen MR) is 90.7 cm³/mol. The van der Waals surface area contributed by atoms with Gasteiger partial charge in [-0.05, 0) is 38.1 Å². The number of aliphatic hydroxyl groups is 1. The molecule has 0 amide bonds. The second-order valence-corrected chi connectivity index (χ2v) is 5.09. The van der Waals surface area contributed by atoms with E-state index in [1.807, 2.05) is 13.0 Å². The Balaban J connectivity index is 2.46. The van der Waals surface area contributed by atoms with Gasteiger partial charge in [0.05, 0.1) is 25.4 Å². The van der Waals surface area contributed by atoms with E-state index >= 15 is 0 Å². The summed E-state index contributed by atoms with van der Waals surface area (Å²) in [6, 6.07) is 8.66. The van der Waals surface area contributed by atoms with Crippen LogP contribution in [0.3, 0.4) is 0 Å². The molecule has 0 unspecified atom stereocenters. The first-order chi connectivity index (χ1) is 12.0. The highest BCUT2D eigenvalue weighted by atomic mass is 16.5. The molecule has 0 aliphatic carbocycles. The highest BCUT2D eigenvalue weighted by Gasteiger charge is 2.18. The van der Waals surface area contributed by atoms with Crippen molar-refractivity contribution in [3.05, 3.63) is 45.7 Å². The van der Waals surface area contributed by atoms with Crippen LogP contribution in [0.1, 0.15) is 18.1 Å². The maximum atomic E-state index is 12.4. The maximum absolute atomic E-state index is 12.4. The largest absolute Gasteiger partial charge is 0.494 e. The first-order valence-electron chi connectivity index (χ1n) is 7.65. The van der Waals surface area contributed by atoms with Gasteiger partial charge in [0.25, 0.3) is 5.56 Å². The molecule has 1 aromatic heterocycles. The Morgan fingerprint density at radius 1 is 1.28 bits per heavy atom. The predicted octanol–water partition coefficient (Wildman–Crippen LogP) is 2.54. The van der Waals surface area contributed by atoms with E-state index in [0.717, 1.165) is 4.57 Å². The minimum atomic E-state index is -0.627. The van der Waals surface area contributed by atoms with E-state index in [4.69, 9.17) is 9.84 Å². The molecule has 0 aliphatic rings. The van der Waals surface area contributed by atoms with Gasteiger partial charge in [0.15, 0.2) is 5.69 Å². The van der Waals surface area contributed by atoms with Crippen LogP contribution in [-0.2, 0) is 6.54 Å². The van der Waals surface area contributed by atoms with Crippen molar-refractivity contribution >= 4 is 11.4 Å². The number of nitriles is 1. The van der Waals surface area contributed by atoms with Gasteiger partial charge in [0.2, 0.25) is 5.88 Å². The van der Waals surface area contributed by atoms with Crippen LogP contribution in [0.25, 0.3) is 0 Å². The van der Waals surface area contributed by atoms with Crippen LogP contribution in [0, 0.1) is 18.3 Å². The highest BCUT2D eigenvalue weighted by molar-refractivity contribution is 5.56. The normalized spacial score (nSPS) is 10.8. The average Bonchev–Trinajstić information content (AvgIpc) is 2.60. The summed E-state index contributed by atoms with van der Waals surface area (Å²) in [6.45, 7) is 3.43. The number of hydrogen-bond acceptors (Lipinski definition) is 7. The molecule has 0 saturated carbocycles. The summed E-state index contributed by atoms with van der Waals surface area (Å²) in [5.74, 6) is 0.207. The van der Waals surface area contributed by atoms with Gasteiger partial charge in [-0.3, -0.25) is 9.36 Å². The molecule has 2 rings (SSSR count). The number of ether oxygens (including phenoxy) is 1. The molecule has 130 valence electrons. The zero-order valence-corrected chi connectivity index (χ0v) is 13.9. The lowest BCUT2D eigenvalue weighted by atomic mass is 10.1. The van der Waals surface area contributed by atoms with Gasteiger partial charge in [0.1, 0.15) is 17.4 Å². The molecule has 0 fully saturated rings. The molecule has 2 aromatic rings. The number of aromatic nitrogens is 1. The molecule has 1 heterocycles. The molecule has 25 heavy (non-hydrogen) atoms. The van der Waals surface area contributed by atoms with Gasteiger partial charge >= 0.3 is 0 Å². The molecular weight excluding hydrogens is 324 g/mol. The van der Waals surface area contributed by atoms with Gasteiger partial charge < -0.3 is 14.9 Å². The Kier molecular flexibility index (Phi) is 5.87. The van der Waals surface area contributed by atoms with Crippen molar-refractivity contribution in [1.29, 1.82) is 5.26 Å². The minimum absolute atomic E-state index is 0.0586. The van der Waals surface area contributed by atoms with E-state index in [9.17, 15) is 15.2 Å². The van der Waals surface area contributed by atoms with E-state index in [1.165, 1.54) is 6.92 Å². The Morgan fingerprint density at radius 3 is 2.52 bits per heavy atom. The number of rotatable bonds is 6. The number of hydrogen-bond donors (Lipinski definition) is 2. The van der Waals surface area contributed by atoms with Crippen molar-refractivity contribution in [2.45, 2.75) is 20.4 Å². The molecule has 1 aromatic carbocycles. The summed E-state index contributed by atoms with van der Waals surface area (Å²) >= 11 is 0. The van der Waals surface area contributed by atoms with Crippen LogP contribution in [0.4, 0.5) is 11.4 Å². The lowest BCUT2D eigenvalue weighted by molar-refractivity contribution is 0.263. The third-order valence-corrected chi connectivity index (χ3v) is 3.51. The zero-order valence-electron chi connectivity index (χ0n) is 13.9. The van der Waals surface area contributed by atoms with Crippen molar-refractivity contribution in [2.24, 2.45) is 10.2 Å². The Bertz CT molecular complexity index is 879. The highest BCUT2D eigenvalue weighted by Crippen LogP contribution is 2.27. The van der Waals surface area contributed by atoms with Gasteiger partial charge in [-0.2, -0.15) is 10.4 Å². The minimum Gasteiger partial charge on any atom is -0.494 e. The fraction of sp³-hybridized carbons (Fsp3) is 0.294. The molecule has 0 atom stereocenters. The first kappa shape index (κ1) is 18.2. The maximum Gasteiger partial charge on any atom is 0.281 e. The summed E-state index contributed by atoms with van der Waals surface area (Å²) in [6.07, 6.45) is 0. The third-order valence-electron chi connectivity index (χ3n) is 3.51. The van der Waals surface area contributed by atoms with E-state index in [-0.39, 0.29) is 30.0 Å². The summed E-state index contributed by atoms with van der Waals surface area (Å²) in [7, 11) is 0. The van der Waals surface area contributed by atoms with E-state index in [1.54, 1.807) is 24.3 Å². The van der Waals surface area contributed by atoms with Gasteiger partial charge in [-0.15, -0.1) is 5.11 Å². The van der Waals surface area contributed by atoms with Crippen LogP contribution in [0.2, 0.25) is 0 Å². The van der Waals surface area contributed by atoms with Crippen LogP contribution >= 0.6 is 0 Å². The fourth-order valence-electron chi connectivity index (χ4n) is 2.25. The molecule has 0 bridgehead atoms. The SMILES string of the molecule is CCOc1ccc(N=Nc2c(C)c(C#N)c(O)n(CCO)c2=O)cc1. The number of aromatic hydroxyl groups is 1. The first-order valence-corrected chi connectivity index (χ1v) is 7.65. The molecular formula is C17H18N4O4. The molecule has 2 N–H and O–H groups in total. The number of pyridine rings is 1. The van der Waals surface area contributed by atoms with Crippen molar-refractivity contribution < 1.29 is 14.9 Å². The summed E-state index contributed by atoms with van der Waals surface area (Å²) < 4.78 is 6.24. The molecule has 8 heteroatoms. The molecule has 0 radical (unpaired) electrons. The van der Waals surface area contributed by atoms with Crippen LogP contribution in [0.5, 0.6) is 11.6 Å². The Labute approximate surface area is 144 Å². The second kappa shape index (κ2) is 8.08. The van der Waals surface area contributed by atoms with Crippen molar-refractivity contribution in [1.82, 2.24) is 4.57 Å². The van der Waals surface area contributed by atoms with E-state index < -0.39 is 11.4 Å². The number of aliphatic hydroxyl groups excluding tert-OH is 1. The fourth-order valence-corrected chi connectivity index (χ4v) is 2.25. The van der Waals surface area contributed by atoms with Crippen LogP contribution < -0.4 is 10.3 Å². The lowest BCUT2D eigenvalue weighted by Crippen LogP contribution is -2.23. The van der Waals surface area contributed by atoms with E-state index in [0.29, 0.717) is 18.0 Å².